The molecule has 0 N–H and O–H groups in total. The van der Waals surface area contributed by atoms with Gasteiger partial charge in [-0.05, 0) is 35.4 Å². The van der Waals surface area contributed by atoms with Crippen LogP contribution < -0.4 is 14.2 Å². The number of aliphatic imine (C=N–C) groups is 1. The predicted molar refractivity (Wildman–Crippen MR) is 103 cm³/mol. The normalized spacial score (nSPS) is 15.0. The van der Waals surface area contributed by atoms with Gasteiger partial charge in [-0.15, -0.1) is 0 Å². The van der Waals surface area contributed by atoms with Gasteiger partial charge in [0.05, 0.1) is 21.3 Å². The molecule has 0 bridgehead atoms. The fourth-order valence-corrected chi connectivity index (χ4v) is 2.57. The molecule has 0 amide bonds. The molecule has 0 saturated carbocycles. The highest BCUT2D eigenvalue weighted by atomic mass is 16.6. The summed E-state index contributed by atoms with van der Waals surface area (Å²) in [5.41, 5.74) is 1.85. The molecule has 0 saturated heterocycles. The zero-order valence-electron chi connectivity index (χ0n) is 15.3. The molecule has 6 heteroatoms. The molecule has 2 aromatic rings. The van der Waals surface area contributed by atoms with Crippen molar-refractivity contribution < 1.29 is 23.7 Å². The zero-order valence-corrected chi connectivity index (χ0v) is 15.3. The summed E-state index contributed by atoms with van der Waals surface area (Å²) in [6, 6.07) is 13.1. The number of cyclic esters (lactones) is 1. The van der Waals surface area contributed by atoms with Gasteiger partial charge in [0.1, 0.15) is 0 Å². The second-order valence-corrected chi connectivity index (χ2v) is 5.57. The highest BCUT2D eigenvalue weighted by Crippen LogP contribution is 2.38. The monoisotopic (exact) mass is 365 g/mol. The molecule has 0 radical (unpaired) electrons. The van der Waals surface area contributed by atoms with Crippen LogP contribution in [0.25, 0.3) is 12.2 Å². The molecule has 138 valence electrons. The topological polar surface area (TPSA) is 66.4 Å². The molecule has 2 aromatic carbocycles. The van der Waals surface area contributed by atoms with Crippen LogP contribution in [-0.2, 0) is 9.53 Å². The summed E-state index contributed by atoms with van der Waals surface area (Å²) in [5.74, 6) is 1.18. The van der Waals surface area contributed by atoms with Crippen LogP contribution in [0.4, 0.5) is 0 Å². The molecule has 0 spiro atoms. The van der Waals surface area contributed by atoms with Gasteiger partial charge in [-0.25, -0.2) is 9.79 Å². The largest absolute Gasteiger partial charge is 0.493 e. The number of methoxy groups -OCH3 is 3. The van der Waals surface area contributed by atoms with E-state index in [9.17, 15) is 4.79 Å². The SMILES string of the molecule is COc1cc(C=C2N=C(C=Cc3ccccc3)OC2=O)cc(OC)c1OC. The van der Waals surface area contributed by atoms with Crippen LogP contribution in [0.15, 0.2) is 59.2 Å². The molecule has 27 heavy (non-hydrogen) atoms. The van der Waals surface area contributed by atoms with Crippen LogP contribution in [0.3, 0.4) is 0 Å². The van der Waals surface area contributed by atoms with Crippen molar-refractivity contribution in [1.29, 1.82) is 0 Å². The third-order valence-corrected chi connectivity index (χ3v) is 3.85. The predicted octanol–water partition coefficient (Wildman–Crippen LogP) is 3.72. The number of nitrogens with zero attached hydrogens (tertiary/aromatic N) is 1. The molecule has 6 nitrogen and oxygen atoms in total. The Labute approximate surface area is 157 Å². The minimum atomic E-state index is -0.517. The summed E-state index contributed by atoms with van der Waals surface area (Å²) >= 11 is 0. The molecule has 3 rings (SSSR count). The third kappa shape index (κ3) is 4.17. The number of hydrogen-bond donors (Lipinski definition) is 0. The van der Waals surface area contributed by atoms with Crippen molar-refractivity contribution in [3.8, 4) is 17.2 Å². The summed E-state index contributed by atoms with van der Waals surface area (Å²) in [5, 5.41) is 0. The van der Waals surface area contributed by atoms with E-state index in [1.54, 1.807) is 24.3 Å². The van der Waals surface area contributed by atoms with E-state index in [2.05, 4.69) is 4.99 Å². The molecule has 1 aliphatic rings. The van der Waals surface area contributed by atoms with E-state index in [1.807, 2.05) is 36.4 Å². The molecule has 0 atom stereocenters. The number of ether oxygens (including phenoxy) is 4. The van der Waals surface area contributed by atoms with E-state index in [-0.39, 0.29) is 11.6 Å². The van der Waals surface area contributed by atoms with Crippen molar-refractivity contribution in [1.82, 2.24) is 0 Å². The van der Waals surface area contributed by atoms with Crippen molar-refractivity contribution in [2.75, 3.05) is 21.3 Å². The van der Waals surface area contributed by atoms with Gasteiger partial charge < -0.3 is 18.9 Å². The fourth-order valence-electron chi connectivity index (χ4n) is 2.57. The third-order valence-electron chi connectivity index (χ3n) is 3.85. The van der Waals surface area contributed by atoms with E-state index in [1.165, 1.54) is 21.3 Å². The average molecular weight is 365 g/mol. The quantitative estimate of drug-likeness (QED) is 0.577. The lowest BCUT2D eigenvalue weighted by atomic mass is 10.1. The second kappa shape index (κ2) is 8.23. The van der Waals surface area contributed by atoms with Gasteiger partial charge in [-0.2, -0.15) is 0 Å². The molecule has 0 unspecified atom stereocenters. The Morgan fingerprint density at radius 3 is 2.15 bits per heavy atom. The summed E-state index contributed by atoms with van der Waals surface area (Å²) in [7, 11) is 4.59. The standard InChI is InChI=1S/C21H19NO5/c1-24-17-12-15(13-18(25-2)20(17)26-3)11-16-21(23)27-19(22-16)10-9-14-7-5-4-6-8-14/h4-13H,1-3H3. The first kappa shape index (κ1) is 18.3. The number of carbonyl (C=O) groups is 1. The Morgan fingerprint density at radius 2 is 1.56 bits per heavy atom. The van der Waals surface area contributed by atoms with Gasteiger partial charge in [0.2, 0.25) is 11.6 Å². The second-order valence-electron chi connectivity index (χ2n) is 5.57. The zero-order chi connectivity index (χ0) is 19.2. The number of hydrogen-bond acceptors (Lipinski definition) is 6. The highest BCUT2D eigenvalue weighted by Gasteiger charge is 2.22. The van der Waals surface area contributed by atoms with Crippen molar-refractivity contribution >= 4 is 24.0 Å². The maximum Gasteiger partial charge on any atom is 0.363 e. The van der Waals surface area contributed by atoms with Crippen molar-refractivity contribution in [2.24, 2.45) is 4.99 Å². The first-order chi connectivity index (χ1) is 13.1. The number of carbonyl (C=O) groups excluding carboxylic acids is 1. The smallest absolute Gasteiger partial charge is 0.363 e. The maximum atomic E-state index is 12.1. The lowest BCUT2D eigenvalue weighted by Crippen LogP contribution is -2.01. The van der Waals surface area contributed by atoms with Gasteiger partial charge in [0.15, 0.2) is 17.2 Å². The first-order valence-corrected chi connectivity index (χ1v) is 8.20. The molecular formula is C21H19NO5. The van der Waals surface area contributed by atoms with Crippen LogP contribution >= 0.6 is 0 Å². The van der Waals surface area contributed by atoms with E-state index in [0.29, 0.717) is 22.8 Å². The van der Waals surface area contributed by atoms with Crippen molar-refractivity contribution in [3.05, 3.63) is 65.4 Å². The van der Waals surface area contributed by atoms with Crippen LogP contribution in [0, 0.1) is 0 Å². The highest BCUT2D eigenvalue weighted by molar-refractivity contribution is 6.11. The Kier molecular flexibility index (Phi) is 5.56. The van der Waals surface area contributed by atoms with Gasteiger partial charge in [0.25, 0.3) is 0 Å². The van der Waals surface area contributed by atoms with Crippen molar-refractivity contribution in [2.45, 2.75) is 0 Å². The van der Waals surface area contributed by atoms with Crippen LogP contribution in [-0.4, -0.2) is 33.2 Å². The lowest BCUT2D eigenvalue weighted by molar-refractivity contribution is -0.129. The maximum absolute atomic E-state index is 12.1. The molecule has 0 fully saturated rings. The summed E-state index contributed by atoms with van der Waals surface area (Å²) in [6.07, 6.45) is 5.09. The Morgan fingerprint density at radius 1 is 0.889 bits per heavy atom. The molecule has 1 heterocycles. The summed E-state index contributed by atoms with van der Waals surface area (Å²) in [6.45, 7) is 0. The van der Waals surface area contributed by atoms with E-state index in [4.69, 9.17) is 18.9 Å². The summed E-state index contributed by atoms with van der Waals surface area (Å²) < 4.78 is 21.1. The van der Waals surface area contributed by atoms with Gasteiger partial charge >= 0.3 is 5.97 Å². The lowest BCUT2D eigenvalue weighted by Gasteiger charge is -2.12. The van der Waals surface area contributed by atoms with E-state index >= 15 is 0 Å². The number of benzene rings is 2. The molecule has 1 aliphatic heterocycles. The first-order valence-electron chi connectivity index (χ1n) is 8.20. The van der Waals surface area contributed by atoms with E-state index in [0.717, 1.165) is 5.56 Å². The average Bonchev–Trinajstić information content (AvgIpc) is 3.05. The Hall–Kier alpha value is -3.54. The number of rotatable bonds is 6. The van der Waals surface area contributed by atoms with E-state index < -0.39 is 5.97 Å². The minimum absolute atomic E-state index is 0.192. The Bertz CT molecular complexity index is 904. The fraction of sp³-hybridized carbons (Fsp3) is 0.143. The number of esters is 1. The van der Waals surface area contributed by atoms with Crippen LogP contribution in [0.2, 0.25) is 0 Å². The minimum Gasteiger partial charge on any atom is -0.493 e. The molecular weight excluding hydrogens is 346 g/mol. The Balaban J connectivity index is 1.89. The van der Waals surface area contributed by atoms with Gasteiger partial charge in [-0.1, -0.05) is 30.3 Å². The van der Waals surface area contributed by atoms with Crippen LogP contribution in [0.1, 0.15) is 11.1 Å². The summed E-state index contributed by atoms with van der Waals surface area (Å²) in [4.78, 5) is 16.3. The van der Waals surface area contributed by atoms with Crippen molar-refractivity contribution in [3.63, 3.8) is 0 Å². The van der Waals surface area contributed by atoms with Gasteiger partial charge in [0, 0.05) is 6.08 Å². The molecule has 0 aromatic heterocycles. The molecule has 0 aliphatic carbocycles. The van der Waals surface area contributed by atoms with Crippen LogP contribution in [0.5, 0.6) is 17.2 Å². The van der Waals surface area contributed by atoms with Gasteiger partial charge in [-0.3, -0.25) is 0 Å².